The maximum Gasteiger partial charge on any atom is 0.407 e. The van der Waals surface area contributed by atoms with Gasteiger partial charge in [0, 0.05) is 24.9 Å². The van der Waals surface area contributed by atoms with Crippen LogP contribution >= 0.6 is 0 Å². The molecule has 0 aliphatic heterocycles. The summed E-state index contributed by atoms with van der Waals surface area (Å²) in [6.07, 6.45) is 2.02. The van der Waals surface area contributed by atoms with E-state index in [9.17, 15) is 9.59 Å². The van der Waals surface area contributed by atoms with E-state index in [4.69, 9.17) is 5.11 Å². The molecule has 1 saturated carbocycles. The Morgan fingerprint density at radius 3 is 2.25 bits per heavy atom. The van der Waals surface area contributed by atoms with Gasteiger partial charge < -0.3 is 10.0 Å². The van der Waals surface area contributed by atoms with Crippen molar-refractivity contribution in [3.8, 4) is 0 Å². The molecule has 0 unspecified atom stereocenters. The van der Waals surface area contributed by atoms with Gasteiger partial charge in [-0.3, -0.25) is 4.79 Å². The summed E-state index contributed by atoms with van der Waals surface area (Å²) < 4.78 is 0. The lowest BCUT2D eigenvalue weighted by Gasteiger charge is -2.36. The van der Waals surface area contributed by atoms with Crippen LogP contribution in [0.3, 0.4) is 0 Å². The zero-order chi connectivity index (χ0) is 12.3. The van der Waals surface area contributed by atoms with Gasteiger partial charge in [0.2, 0.25) is 0 Å². The summed E-state index contributed by atoms with van der Waals surface area (Å²) in [4.78, 5) is 23.7. The van der Waals surface area contributed by atoms with Crippen LogP contribution in [-0.2, 0) is 4.79 Å². The van der Waals surface area contributed by atoms with Crippen molar-refractivity contribution in [2.45, 2.75) is 52.0 Å². The van der Waals surface area contributed by atoms with Gasteiger partial charge in [0.15, 0.2) is 0 Å². The van der Waals surface area contributed by atoms with Crippen LogP contribution in [0.25, 0.3) is 0 Å². The Morgan fingerprint density at radius 1 is 1.38 bits per heavy atom. The second-order valence-corrected chi connectivity index (χ2v) is 5.55. The van der Waals surface area contributed by atoms with Crippen molar-refractivity contribution in [3.05, 3.63) is 0 Å². The first kappa shape index (κ1) is 13.0. The Hall–Kier alpha value is -1.06. The molecule has 0 aromatic rings. The van der Waals surface area contributed by atoms with Gasteiger partial charge in [-0.25, -0.2) is 4.79 Å². The minimum absolute atomic E-state index is 0.314. The molecule has 0 bridgehead atoms. The highest BCUT2D eigenvalue weighted by Crippen LogP contribution is 2.25. The van der Waals surface area contributed by atoms with Gasteiger partial charge in [-0.15, -0.1) is 0 Å². The van der Waals surface area contributed by atoms with Crippen LogP contribution in [0.15, 0.2) is 0 Å². The monoisotopic (exact) mass is 227 g/mol. The van der Waals surface area contributed by atoms with Gasteiger partial charge in [0.05, 0.1) is 0 Å². The number of hydrogen-bond acceptors (Lipinski definition) is 2. The minimum atomic E-state index is -0.871. The molecule has 1 aliphatic carbocycles. The van der Waals surface area contributed by atoms with Crippen LogP contribution in [0, 0.1) is 5.92 Å². The summed E-state index contributed by atoms with van der Waals surface area (Å²) in [5.41, 5.74) is -0.368. The fourth-order valence-corrected chi connectivity index (χ4v) is 2.08. The zero-order valence-corrected chi connectivity index (χ0v) is 10.3. The zero-order valence-electron chi connectivity index (χ0n) is 10.3. The minimum Gasteiger partial charge on any atom is -0.465 e. The molecule has 0 radical (unpaired) electrons. The average molecular weight is 227 g/mol. The lowest BCUT2D eigenvalue weighted by Crippen LogP contribution is -2.47. The second-order valence-electron chi connectivity index (χ2n) is 5.55. The number of ketones is 1. The van der Waals surface area contributed by atoms with E-state index in [1.807, 2.05) is 20.8 Å². The van der Waals surface area contributed by atoms with E-state index in [0.717, 1.165) is 12.8 Å². The highest BCUT2D eigenvalue weighted by molar-refractivity contribution is 5.79. The van der Waals surface area contributed by atoms with Gasteiger partial charge in [0.1, 0.15) is 5.78 Å². The molecule has 0 heterocycles. The Kier molecular flexibility index (Phi) is 3.94. The van der Waals surface area contributed by atoms with Crippen molar-refractivity contribution >= 4 is 11.9 Å². The maximum absolute atomic E-state index is 11.1. The molecule has 1 aliphatic rings. The number of rotatable bonds is 2. The predicted molar refractivity (Wildman–Crippen MR) is 61.4 cm³/mol. The second kappa shape index (κ2) is 4.85. The number of nitrogens with zero attached hydrogens (tertiary/aromatic N) is 1. The Bertz CT molecular complexity index is 270. The smallest absolute Gasteiger partial charge is 0.407 e. The van der Waals surface area contributed by atoms with E-state index >= 15 is 0 Å². The molecular formula is C12H21NO3. The molecule has 1 amide bonds. The molecule has 0 aromatic heterocycles. The lowest BCUT2D eigenvalue weighted by atomic mass is 9.87. The Morgan fingerprint density at radius 2 is 1.88 bits per heavy atom. The Balaban J connectivity index is 2.56. The van der Waals surface area contributed by atoms with Crippen molar-refractivity contribution in [1.29, 1.82) is 0 Å². The maximum atomic E-state index is 11.1. The average Bonchev–Trinajstić information content (AvgIpc) is 2.14. The topological polar surface area (TPSA) is 57.6 Å². The van der Waals surface area contributed by atoms with Crippen LogP contribution in [-0.4, -0.2) is 34.0 Å². The third-order valence-corrected chi connectivity index (χ3v) is 3.14. The standard InChI is InChI=1S/C12H21NO3/c1-12(2,3)13(11(15)16)8-9-4-6-10(14)7-5-9/h9H,4-8H2,1-3H3,(H,15,16). The molecule has 0 atom stereocenters. The quantitative estimate of drug-likeness (QED) is 0.788. The summed E-state index contributed by atoms with van der Waals surface area (Å²) in [5.74, 6) is 0.655. The molecule has 16 heavy (non-hydrogen) atoms. The molecule has 0 spiro atoms. The van der Waals surface area contributed by atoms with Crippen LogP contribution in [0.4, 0.5) is 4.79 Å². The lowest BCUT2D eigenvalue weighted by molar-refractivity contribution is -0.121. The van der Waals surface area contributed by atoms with E-state index in [0.29, 0.717) is 31.1 Å². The SMILES string of the molecule is CC(C)(C)N(CC1CCC(=O)CC1)C(=O)O. The highest BCUT2D eigenvalue weighted by atomic mass is 16.4. The first-order valence-electron chi connectivity index (χ1n) is 5.83. The number of carbonyl (C=O) groups is 2. The first-order valence-corrected chi connectivity index (χ1v) is 5.83. The summed E-state index contributed by atoms with van der Waals surface area (Å²) in [5, 5.41) is 9.15. The molecule has 0 aromatic carbocycles. The van der Waals surface area contributed by atoms with E-state index < -0.39 is 6.09 Å². The van der Waals surface area contributed by atoms with Crippen molar-refractivity contribution in [3.63, 3.8) is 0 Å². The van der Waals surface area contributed by atoms with Gasteiger partial charge in [-0.1, -0.05) is 0 Å². The molecule has 4 nitrogen and oxygen atoms in total. The first-order chi connectivity index (χ1) is 7.30. The summed E-state index contributed by atoms with van der Waals surface area (Å²) in [6, 6.07) is 0. The summed E-state index contributed by atoms with van der Waals surface area (Å²) in [6.45, 7) is 6.24. The van der Waals surface area contributed by atoms with Crippen LogP contribution in [0.1, 0.15) is 46.5 Å². The van der Waals surface area contributed by atoms with Crippen LogP contribution < -0.4 is 0 Å². The largest absolute Gasteiger partial charge is 0.465 e. The third-order valence-electron chi connectivity index (χ3n) is 3.14. The normalized spacial score (nSPS) is 18.6. The molecule has 1 N–H and O–H groups in total. The fourth-order valence-electron chi connectivity index (χ4n) is 2.08. The predicted octanol–water partition coefficient (Wildman–Crippen LogP) is 2.52. The number of amides is 1. The van der Waals surface area contributed by atoms with E-state index in [1.165, 1.54) is 4.90 Å². The van der Waals surface area contributed by atoms with Crippen molar-refractivity contribution in [2.75, 3.05) is 6.54 Å². The third kappa shape index (κ3) is 3.51. The molecule has 1 fully saturated rings. The summed E-state index contributed by atoms with van der Waals surface area (Å²) >= 11 is 0. The molecular weight excluding hydrogens is 206 g/mol. The van der Waals surface area contributed by atoms with Crippen molar-refractivity contribution < 1.29 is 14.7 Å². The van der Waals surface area contributed by atoms with Crippen molar-refractivity contribution in [2.24, 2.45) is 5.92 Å². The summed E-state index contributed by atoms with van der Waals surface area (Å²) in [7, 11) is 0. The van der Waals surface area contributed by atoms with Gasteiger partial charge in [-0.2, -0.15) is 0 Å². The highest BCUT2D eigenvalue weighted by Gasteiger charge is 2.30. The van der Waals surface area contributed by atoms with E-state index in [1.54, 1.807) is 0 Å². The number of hydrogen-bond donors (Lipinski definition) is 1. The molecule has 92 valence electrons. The van der Waals surface area contributed by atoms with Gasteiger partial charge >= 0.3 is 6.09 Å². The number of carbonyl (C=O) groups excluding carboxylic acids is 1. The fraction of sp³-hybridized carbons (Fsp3) is 0.833. The van der Waals surface area contributed by atoms with Gasteiger partial charge in [0.25, 0.3) is 0 Å². The van der Waals surface area contributed by atoms with Crippen LogP contribution in [0.5, 0.6) is 0 Å². The van der Waals surface area contributed by atoms with Gasteiger partial charge in [-0.05, 0) is 39.5 Å². The van der Waals surface area contributed by atoms with E-state index in [-0.39, 0.29) is 5.54 Å². The molecule has 4 heteroatoms. The number of carboxylic acid groups (broad SMARTS) is 1. The van der Waals surface area contributed by atoms with E-state index in [2.05, 4.69) is 0 Å². The number of Topliss-reactive ketones (excluding diaryl/α,β-unsaturated/α-hetero) is 1. The van der Waals surface area contributed by atoms with Crippen LogP contribution in [0.2, 0.25) is 0 Å². The van der Waals surface area contributed by atoms with Crippen molar-refractivity contribution in [1.82, 2.24) is 4.90 Å². The molecule has 1 rings (SSSR count). The Labute approximate surface area is 96.6 Å². The molecule has 0 saturated heterocycles.